The van der Waals surface area contributed by atoms with Crippen LogP contribution in [0.25, 0.3) is 0 Å². The summed E-state index contributed by atoms with van der Waals surface area (Å²) >= 11 is 0. The Bertz CT molecular complexity index is 1080. The van der Waals surface area contributed by atoms with Crippen LogP contribution in [0.4, 0.5) is 5.69 Å². The maximum atomic E-state index is 12.9. The van der Waals surface area contributed by atoms with Gasteiger partial charge in [0.2, 0.25) is 0 Å². The zero-order valence-electron chi connectivity index (χ0n) is 20.2. The van der Waals surface area contributed by atoms with Crippen LogP contribution >= 0.6 is 0 Å². The second kappa shape index (κ2) is 11.6. The molecule has 0 spiro atoms. The van der Waals surface area contributed by atoms with E-state index in [1.54, 1.807) is 0 Å². The maximum Gasteiger partial charge on any atom is 0.257 e. The van der Waals surface area contributed by atoms with Crippen molar-refractivity contribution in [2.75, 3.05) is 11.9 Å². The van der Waals surface area contributed by atoms with Crippen molar-refractivity contribution in [3.8, 4) is 11.5 Å². The molecule has 5 nitrogen and oxygen atoms in total. The number of nitrogens with zero attached hydrogens (tertiary/aromatic N) is 1. The van der Waals surface area contributed by atoms with Crippen molar-refractivity contribution in [2.45, 2.75) is 59.5 Å². The molecule has 0 saturated heterocycles. The van der Waals surface area contributed by atoms with Crippen LogP contribution in [0.2, 0.25) is 0 Å². The zero-order chi connectivity index (χ0) is 23.8. The number of aryl methyl sites for hydroxylation is 1. The number of hydrogen-bond donors (Lipinski definition) is 1. The molecule has 0 aliphatic rings. The minimum atomic E-state index is -0.194. The van der Waals surface area contributed by atoms with Crippen LogP contribution in [0.1, 0.15) is 67.3 Å². The molecule has 0 bridgehead atoms. The number of carbonyl (C=O) groups is 1. The first kappa shape index (κ1) is 24.5. The Morgan fingerprint density at radius 1 is 1.00 bits per heavy atom. The molecule has 0 aliphatic heterocycles. The third kappa shape index (κ3) is 7.16. The van der Waals surface area contributed by atoms with E-state index in [0.717, 1.165) is 30.9 Å². The zero-order valence-corrected chi connectivity index (χ0v) is 20.2. The van der Waals surface area contributed by atoms with E-state index in [1.165, 1.54) is 5.56 Å². The van der Waals surface area contributed by atoms with Gasteiger partial charge in [-0.3, -0.25) is 9.78 Å². The van der Waals surface area contributed by atoms with E-state index in [-0.39, 0.29) is 12.0 Å². The van der Waals surface area contributed by atoms with Crippen molar-refractivity contribution in [1.29, 1.82) is 0 Å². The molecule has 0 saturated carbocycles. The number of benzene rings is 2. The van der Waals surface area contributed by atoms with Crippen molar-refractivity contribution >= 4 is 11.6 Å². The smallest absolute Gasteiger partial charge is 0.257 e. The van der Waals surface area contributed by atoms with Crippen molar-refractivity contribution in [3.63, 3.8) is 0 Å². The second-order valence-electron chi connectivity index (χ2n) is 8.63. The van der Waals surface area contributed by atoms with E-state index in [0.29, 0.717) is 28.6 Å². The SMILES string of the molecule is CCCOC(C)Cc1ccc(C(=O)Nc2cccc(Oc3cccc(C(C)C)c3)c2)c(C)n1. The number of ether oxygens (including phenoxy) is 2. The molecule has 174 valence electrons. The minimum Gasteiger partial charge on any atom is -0.457 e. The van der Waals surface area contributed by atoms with Crippen molar-refractivity contribution < 1.29 is 14.3 Å². The molecule has 1 unspecified atom stereocenters. The summed E-state index contributed by atoms with van der Waals surface area (Å²) in [6.45, 7) is 11.0. The molecular formula is C28H34N2O3. The number of anilines is 1. The number of amides is 1. The Balaban J connectivity index is 1.66. The Kier molecular flexibility index (Phi) is 8.61. The summed E-state index contributed by atoms with van der Waals surface area (Å²) in [5.41, 5.74) is 4.06. The Morgan fingerprint density at radius 3 is 2.42 bits per heavy atom. The third-order valence-corrected chi connectivity index (χ3v) is 5.34. The van der Waals surface area contributed by atoms with Gasteiger partial charge in [-0.1, -0.05) is 39.0 Å². The summed E-state index contributed by atoms with van der Waals surface area (Å²) in [7, 11) is 0. The van der Waals surface area contributed by atoms with Crippen LogP contribution in [0, 0.1) is 6.92 Å². The van der Waals surface area contributed by atoms with Crippen molar-refractivity contribution in [3.05, 3.63) is 83.2 Å². The topological polar surface area (TPSA) is 60.5 Å². The number of pyridine rings is 1. The number of hydrogen-bond acceptors (Lipinski definition) is 4. The van der Waals surface area contributed by atoms with Gasteiger partial charge in [0, 0.05) is 30.5 Å². The molecule has 0 radical (unpaired) electrons. The van der Waals surface area contributed by atoms with Crippen LogP contribution < -0.4 is 10.1 Å². The fraction of sp³-hybridized carbons (Fsp3) is 0.357. The number of aromatic nitrogens is 1. The molecule has 1 N–H and O–H groups in total. The largest absolute Gasteiger partial charge is 0.457 e. The van der Waals surface area contributed by atoms with E-state index in [9.17, 15) is 4.79 Å². The Labute approximate surface area is 197 Å². The van der Waals surface area contributed by atoms with Gasteiger partial charge in [0.25, 0.3) is 5.91 Å². The van der Waals surface area contributed by atoms with Gasteiger partial charge >= 0.3 is 0 Å². The first-order valence-electron chi connectivity index (χ1n) is 11.6. The highest BCUT2D eigenvalue weighted by Crippen LogP contribution is 2.27. The first-order chi connectivity index (χ1) is 15.9. The van der Waals surface area contributed by atoms with Gasteiger partial charge in [0.1, 0.15) is 11.5 Å². The summed E-state index contributed by atoms with van der Waals surface area (Å²) in [4.78, 5) is 17.5. The molecule has 1 atom stereocenters. The van der Waals surface area contributed by atoms with Crippen LogP contribution in [0.5, 0.6) is 11.5 Å². The first-order valence-corrected chi connectivity index (χ1v) is 11.6. The summed E-state index contributed by atoms with van der Waals surface area (Å²) in [5.74, 6) is 1.67. The highest BCUT2D eigenvalue weighted by molar-refractivity contribution is 6.05. The summed E-state index contributed by atoms with van der Waals surface area (Å²) in [5, 5.41) is 2.96. The molecule has 1 amide bonds. The molecule has 33 heavy (non-hydrogen) atoms. The van der Waals surface area contributed by atoms with Gasteiger partial charge in [0.05, 0.1) is 17.4 Å². The molecule has 2 aromatic carbocycles. The lowest BCUT2D eigenvalue weighted by Gasteiger charge is -2.14. The fourth-order valence-corrected chi connectivity index (χ4v) is 3.55. The minimum absolute atomic E-state index is 0.0977. The van der Waals surface area contributed by atoms with Crippen molar-refractivity contribution in [2.24, 2.45) is 0 Å². The Morgan fingerprint density at radius 2 is 1.73 bits per heavy atom. The average molecular weight is 447 g/mol. The van der Waals surface area contributed by atoms with Gasteiger partial charge in [-0.25, -0.2) is 0 Å². The van der Waals surface area contributed by atoms with Crippen LogP contribution in [0.15, 0.2) is 60.7 Å². The average Bonchev–Trinajstić information content (AvgIpc) is 2.78. The highest BCUT2D eigenvalue weighted by atomic mass is 16.5. The summed E-state index contributed by atoms with van der Waals surface area (Å²) in [6, 6.07) is 19.2. The van der Waals surface area contributed by atoms with Gasteiger partial charge in [-0.15, -0.1) is 0 Å². The monoisotopic (exact) mass is 446 g/mol. The van der Waals surface area contributed by atoms with Crippen molar-refractivity contribution in [1.82, 2.24) is 4.98 Å². The van der Waals surface area contributed by atoms with E-state index < -0.39 is 0 Å². The lowest BCUT2D eigenvalue weighted by Crippen LogP contribution is -2.16. The molecular weight excluding hydrogens is 412 g/mol. The molecule has 3 rings (SSSR count). The number of carbonyl (C=O) groups excluding carboxylic acids is 1. The van der Waals surface area contributed by atoms with E-state index in [2.05, 4.69) is 37.1 Å². The third-order valence-electron chi connectivity index (χ3n) is 5.34. The molecule has 5 heteroatoms. The quantitative estimate of drug-likeness (QED) is 0.367. The van der Waals surface area contributed by atoms with Gasteiger partial charge < -0.3 is 14.8 Å². The van der Waals surface area contributed by atoms with Gasteiger partial charge in [0.15, 0.2) is 0 Å². The van der Waals surface area contributed by atoms with E-state index in [4.69, 9.17) is 9.47 Å². The predicted octanol–water partition coefficient (Wildman–Crippen LogP) is 6.92. The Hall–Kier alpha value is -3.18. The highest BCUT2D eigenvalue weighted by Gasteiger charge is 2.13. The lowest BCUT2D eigenvalue weighted by molar-refractivity contribution is 0.0663. The standard InChI is InChI=1S/C28H34N2O3/c1-6-15-32-20(4)16-24-13-14-27(21(5)29-24)28(31)30-23-10-8-12-26(18-23)33-25-11-7-9-22(17-25)19(2)3/h7-14,17-20H,6,15-16H2,1-5H3,(H,30,31). The maximum absolute atomic E-state index is 12.9. The van der Waals surface area contributed by atoms with E-state index >= 15 is 0 Å². The van der Waals surface area contributed by atoms with Crippen LogP contribution in [-0.2, 0) is 11.2 Å². The van der Waals surface area contributed by atoms with Gasteiger partial charge in [-0.05, 0) is 68.1 Å². The molecule has 1 aromatic heterocycles. The van der Waals surface area contributed by atoms with Crippen LogP contribution in [-0.4, -0.2) is 23.6 Å². The predicted molar refractivity (Wildman–Crippen MR) is 133 cm³/mol. The molecule has 1 heterocycles. The lowest BCUT2D eigenvalue weighted by atomic mass is 10.0. The summed E-state index contributed by atoms with van der Waals surface area (Å²) < 4.78 is 11.8. The second-order valence-corrected chi connectivity index (χ2v) is 8.63. The molecule has 0 aliphatic carbocycles. The summed E-state index contributed by atoms with van der Waals surface area (Å²) in [6.07, 6.45) is 1.81. The number of nitrogens with one attached hydrogen (secondary N) is 1. The fourth-order valence-electron chi connectivity index (χ4n) is 3.55. The molecule has 0 fully saturated rings. The number of rotatable bonds is 10. The van der Waals surface area contributed by atoms with Crippen LogP contribution in [0.3, 0.4) is 0 Å². The van der Waals surface area contributed by atoms with Gasteiger partial charge in [-0.2, -0.15) is 0 Å². The normalized spacial score (nSPS) is 11.9. The van der Waals surface area contributed by atoms with E-state index in [1.807, 2.05) is 68.4 Å². The molecule has 3 aromatic rings.